The highest BCUT2D eigenvalue weighted by Gasteiger charge is 2.29. The lowest BCUT2D eigenvalue weighted by atomic mass is 10.1. The lowest BCUT2D eigenvalue weighted by Gasteiger charge is -2.06. The highest BCUT2D eigenvalue weighted by molar-refractivity contribution is 6.03. The van der Waals surface area contributed by atoms with Crippen LogP contribution in [0.5, 0.6) is 0 Å². The number of carbonyl (C=O) groups excluding carboxylic acids is 1. The predicted molar refractivity (Wildman–Crippen MR) is 59.1 cm³/mol. The van der Waals surface area contributed by atoms with Gasteiger partial charge in [-0.3, -0.25) is 0 Å². The Bertz CT molecular complexity index is 400. The summed E-state index contributed by atoms with van der Waals surface area (Å²) in [5.74, 6) is -0.350. The maximum absolute atomic E-state index is 11.4. The first-order valence-electron chi connectivity index (χ1n) is 5.26. The number of nitrogens with zero attached hydrogens (tertiary/aromatic N) is 1. The molecule has 4 heteroatoms. The van der Waals surface area contributed by atoms with Crippen molar-refractivity contribution in [2.24, 2.45) is 5.16 Å². The fourth-order valence-electron chi connectivity index (χ4n) is 1.54. The van der Waals surface area contributed by atoms with Gasteiger partial charge in [0.05, 0.1) is 12.3 Å². The number of ether oxygens (including phenoxy) is 1. The summed E-state index contributed by atoms with van der Waals surface area (Å²) in [6.07, 6.45) is -0.113. The topological polar surface area (TPSA) is 47.9 Å². The Morgan fingerprint density at radius 3 is 2.94 bits per heavy atom. The molecule has 1 aromatic carbocycles. The van der Waals surface area contributed by atoms with Crippen molar-refractivity contribution >= 4 is 11.7 Å². The number of hydrogen-bond donors (Lipinski definition) is 0. The van der Waals surface area contributed by atoms with Gasteiger partial charge >= 0.3 is 5.97 Å². The first kappa shape index (κ1) is 10.7. The van der Waals surface area contributed by atoms with Crippen LogP contribution in [0.2, 0.25) is 0 Å². The average molecular weight is 219 g/mol. The van der Waals surface area contributed by atoms with E-state index < -0.39 is 6.10 Å². The van der Waals surface area contributed by atoms with E-state index in [1.54, 1.807) is 6.92 Å². The first-order chi connectivity index (χ1) is 7.81. The smallest absolute Gasteiger partial charge is 0.350 e. The van der Waals surface area contributed by atoms with Crippen molar-refractivity contribution < 1.29 is 14.4 Å². The fourth-order valence-corrected chi connectivity index (χ4v) is 1.54. The molecule has 1 heterocycles. The number of rotatable bonds is 3. The van der Waals surface area contributed by atoms with Gasteiger partial charge in [0.25, 0.3) is 0 Å². The van der Waals surface area contributed by atoms with Crippen molar-refractivity contribution in [3.05, 3.63) is 35.9 Å². The molecule has 1 aliphatic rings. The molecule has 16 heavy (non-hydrogen) atoms. The van der Waals surface area contributed by atoms with Crippen LogP contribution in [0.15, 0.2) is 35.5 Å². The normalized spacial score (nSPS) is 18.8. The Kier molecular flexibility index (Phi) is 3.19. The Morgan fingerprint density at radius 1 is 1.50 bits per heavy atom. The molecule has 0 bridgehead atoms. The van der Waals surface area contributed by atoms with Gasteiger partial charge < -0.3 is 9.57 Å². The number of oxime groups is 1. The molecule has 0 fully saturated rings. The molecule has 0 spiro atoms. The minimum atomic E-state index is -0.588. The van der Waals surface area contributed by atoms with Crippen molar-refractivity contribution in [3.63, 3.8) is 0 Å². The third kappa shape index (κ3) is 2.21. The quantitative estimate of drug-likeness (QED) is 0.727. The van der Waals surface area contributed by atoms with Gasteiger partial charge in [0.15, 0.2) is 0 Å². The van der Waals surface area contributed by atoms with Crippen LogP contribution >= 0.6 is 0 Å². The molecule has 0 amide bonds. The molecular formula is C12H13NO3. The van der Waals surface area contributed by atoms with E-state index in [0.717, 1.165) is 11.3 Å². The van der Waals surface area contributed by atoms with E-state index in [-0.39, 0.29) is 5.97 Å². The number of benzene rings is 1. The molecule has 1 atom stereocenters. The molecule has 1 aliphatic heterocycles. The minimum absolute atomic E-state index is 0.350. The van der Waals surface area contributed by atoms with E-state index in [2.05, 4.69) is 5.16 Å². The molecule has 0 aliphatic carbocycles. The van der Waals surface area contributed by atoms with Gasteiger partial charge in [0, 0.05) is 6.42 Å². The van der Waals surface area contributed by atoms with Crippen molar-refractivity contribution in [1.82, 2.24) is 0 Å². The zero-order valence-electron chi connectivity index (χ0n) is 9.05. The summed E-state index contributed by atoms with van der Waals surface area (Å²) in [6, 6.07) is 9.67. The molecule has 1 unspecified atom stereocenters. The largest absolute Gasteiger partial charge is 0.463 e. The van der Waals surface area contributed by atoms with Crippen LogP contribution in [0.3, 0.4) is 0 Å². The minimum Gasteiger partial charge on any atom is -0.463 e. The van der Waals surface area contributed by atoms with Crippen LogP contribution in [0.4, 0.5) is 0 Å². The van der Waals surface area contributed by atoms with Crippen LogP contribution < -0.4 is 0 Å². The van der Waals surface area contributed by atoms with Gasteiger partial charge in [-0.2, -0.15) is 0 Å². The Labute approximate surface area is 93.9 Å². The summed E-state index contributed by atoms with van der Waals surface area (Å²) in [5.41, 5.74) is 1.77. The number of esters is 1. The second kappa shape index (κ2) is 4.79. The zero-order valence-corrected chi connectivity index (χ0v) is 9.05. The lowest BCUT2D eigenvalue weighted by Crippen LogP contribution is -2.23. The van der Waals surface area contributed by atoms with E-state index in [1.165, 1.54) is 0 Å². The number of hydrogen-bond acceptors (Lipinski definition) is 4. The molecule has 84 valence electrons. The van der Waals surface area contributed by atoms with Gasteiger partial charge in [-0.1, -0.05) is 35.5 Å². The molecule has 4 nitrogen and oxygen atoms in total. The first-order valence-corrected chi connectivity index (χ1v) is 5.26. The Balaban J connectivity index is 2.00. The van der Waals surface area contributed by atoms with Gasteiger partial charge in [-0.15, -0.1) is 0 Å². The van der Waals surface area contributed by atoms with E-state index in [0.29, 0.717) is 13.0 Å². The van der Waals surface area contributed by atoms with Gasteiger partial charge in [-0.25, -0.2) is 4.79 Å². The summed E-state index contributed by atoms with van der Waals surface area (Å²) in [4.78, 5) is 16.4. The summed E-state index contributed by atoms with van der Waals surface area (Å²) in [6.45, 7) is 2.13. The van der Waals surface area contributed by atoms with Crippen molar-refractivity contribution in [2.45, 2.75) is 19.4 Å². The maximum Gasteiger partial charge on any atom is 0.350 e. The standard InChI is InChI=1S/C12H13NO3/c1-2-15-12(14)11-8-10(13-16-11)9-6-4-3-5-7-9/h3-7,11H,2,8H2,1H3. The van der Waals surface area contributed by atoms with Crippen molar-refractivity contribution in [2.75, 3.05) is 6.61 Å². The fraction of sp³-hybridized carbons (Fsp3) is 0.333. The molecular weight excluding hydrogens is 206 g/mol. The van der Waals surface area contributed by atoms with Gasteiger partial charge in [-0.05, 0) is 12.5 Å². The van der Waals surface area contributed by atoms with Gasteiger partial charge in [0.1, 0.15) is 0 Å². The highest BCUT2D eigenvalue weighted by atomic mass is 16.7. The lowest BCUT2D eigenvalue weighted by molar-refractivity contribution is -0.154. The molecule has 0 saturated carbocycles. The van der Waals surface area contributed by atoms with E-state index in [1.807, 2.05) is 30.3 Å². The number of carbonyl (C=O) groups is 1. The van der Waals surface area contributed by atoms with Crippen LogP contribution in [-0.4, -0.2) is 24.4 Å². The molecule has 0 saturated heterocycles. The third-order valence-corrected chi connectivity index (χ3v) is 2.33. The van der Waals surface area contributed by atoms with Crippen LogP contribution in [0.25, 0.3) is 0 Å². The molecule has 1 aromatic rings. The van der Waals surface area contributed by atoms with Crippen LogP contribution in [0.1, 0.15) is 18.9 Å². The van der Waals surface area contributed by atoms with Crippen molar-refractivity contribution in [3.8, 4) is 0 Å². The third-order valence-electron chi connectivity index (χ3n) is 2.33. The molecule has 0 radical (unpaired) electrons. The summed E-state index contributed by atoms with van der Waals surface area (Å²) >= 11 is 0. The second-order valence-corrected chi connectivity index (χ2v) is 3.45. The highest BCUT2D eigenvalue weighted by Crippen LogP contribution is 2.17. The molecule has 0 aromatic heterocycles. The van der Waals surface area contributed by atoms with Crippen molar-refractivity contribution in [1.29, 1.82) is 0 Å². The predicted octanol–water partition coefficient (Wildman–Crippen LogP) is 1.74. The zero-order chi connectivity index (χ0) is 11.4. The van der Waals surface area contributed by atoms with Crippen LogP contribution in [0, 0.1) is 0 Å². The Morgan fingerprint density at radius 2 is 2.25 bits per heavy atom. The van der Waals surface area contributed by atoms with E-state index >= 15 is 0 Å². The summed E-state index contributed by atoms with van der Waals surface area (Å²) < 4.78 is 4.87. The van der Waals surface area contributed by atoms with Gasteiger partial charge in [0.2, 0.25) is 6.10 Å². The SMILES string of the molecule is CCOC(=O)C1CC(c2ccccc2)=NO1. The average Bonchev–Trinajstić information content (AvgIpc) is 2.80. The second-order valence-electron chi connectivity index (χ2n) is 3.45. The van der Waals surface area contributed by atoms with Crippen LogP contribution in [-0.2, 0) is 14.4 Å². The van der Waals surface area contributed by atoms with E-state index in [4.69, 9.17) is 9.57 Å². The monoisotopic (exact) mass is 219 g/mol. The summed E-state index contributed by atoms with van der Waals surface area (Å²) in [7, 11) is 0. The molecule has 0 N–H and O–H groups in total. The van der Waals surface area contributed by atoms with E-state index in [9.17, 15) is 4.79 Å². The molecule has 2 rings (SSSR count). The Hall–Kier alpha value is -1.84. The summed E-state index contributed by atoms with van der Waals surface area (Å²) in [5, 5.41) is 3.91. The maximum atomic E-state index is 11.4.